The number of fused-ring (bicyclic) bond motifs is 1. The molecule has 1 amide bonds. The molecule has 0 bridgehead atoms. The summed E-state index contributed by atoms with van der Waals surface area (Å²) in [6.45, 7) is 4.12. The molecule has 0 fully saturated rings. The van der Waals surface area contributed by atoms with Crippen molar-refractivity contribution in [3.05, 3.63) is 107 Å². The van der Waals surface area contributed by atoms with Gasteiger partial charge in [0.1, 0.15) is 36.0 Å². The maximum absolute atomic E-state index is 13.6. The van der Waals surface area contributed by atoms with Crippen LogP contribution in [0.2, 0.25) is 10.0 Å². The van der Waals surface area contributed by atoms with Gasteiger partial charge in [-0.15, -0.1) is 5.10 Å². The number of carbonyl (C=O) groups excluding carboxylic acids is 1. The summed E-state index contributed by atoms with van der Waals surface area (Å²) in [5, 5.41) is 15.4. The van der Waals surface area contributed by atoms with Crippen molar-refractivity contribution < 1.29 is 13.9 Å². The van der Waals surface area contributed by atoms with Gasteiger partial charge in [0.15, 0.2) is 0 Å². The van der Waals surface area contributed by atoms with Gasteiger partial charge in [0.2, 0.25) is 5.91 Å². The Morgan fingerprint density at radius 1 is 1.10 bits per heavy atom. The van der Waals surface area contributed by atoms with Gasteiger partial charge in [-0.3, -0.25) is 4.79 Å². The van der Waals surface area contributed by atoms with Crippen molar-refractivity contribution >= 4 is 57.2 Å². The van der Waals surface area contributed by atoms with Gasteiger partial charge < -0.3 is 15.4 Å². The van der Waals surface area contributed by atoms with Crippen LogP contribution in [0.3, 0.4) is 0 Å². The molecular formula is C27H20Cl2FN7O2. The third kappa shape index (κ3) is 6.31. The molecule has 0 aliphatic heterocycles. The fraction of sp³-hybridized carbons (Fsp3) is 0.0741. The second kappa shape index (κ2) is 11.5. The molecular weight excluding hydrogens is 544 g/mol. The molecule has 5 aromatic rings. The molecule has 0 saturated carbocycles. The van der Waals surface area contributed by atoms with Crippen LogP contribution in [-0.4, -0.2) is 30.9 Å². The van der Waals surface area contributed by atoms with Crippen LogP contribution in [0.1, 0.15) is 11.3 Å². The Hall–Kier alpha value is -4.54. The molecule has 0 radical (unpaired) electrons. The lowest BCUT2D eigenvalue weighted by Crippen LogP contribution is -2.10. The topological polar surface area (TPSA) is 107 Å². The average Bonchev–Trinajstić information content (AvgIpc) is 3.38. The number of ether oxygens (including phenoxy) is 1. The third-order valence-corrected chi connectivity index (χ3v) is 6.12. The minimum atomic E-state index is -0.531. The van der Waals surface area contributed by atoms with Crippen molar-refractivity contribution in [3.8, 4) is 5.75 Å². The van der Waals surface area contributed by atoms with Crippen molar-refractivity contribution in [2.45, 2.75) is 13.2 Å². The summed E-state index contributed by atoms with van der Waals surface area (Å²) in [5.41, 5.74) is 3.05. The van der Waals surface area contributed by atoms with Gasteiger partial charge in [-0.2, -0.15) is 0 Å². The highest BCUT2D eigenvalue weighted by atomic mass is 35.5. The first kappa shape index (κ1) is 26.1. The molecule has 0 spiro atoms. The number of nitrogens with one attached hydrogen (secondary N) is 2. The van der Waals surface area contributed by atoms with Crippen molar-refractivity contribution in [2.24, 2.45) is 0 Å². The van der Waals surface area contributed by atoms with Crippen molar-refractivity contribution in [2.75, 3.05) is 10.6 Å². The summed E-state index contributed by atoms with van der Waals surface area (Å²) in [5.74, 6) is -0.173. The molecule has 2 heterocycles. The van der Waals surface area contributed by atoms with Gasteiger partial charge in [-0.25, -0.2) is 19.0 Å². The lowest BCUT2D eigenvalue weighted by molar-refractivity contribution is -0.111. The molecule has 12 heteroatoms. The molecule has 2 aromatic heterocycles. The molecule has 9 nitrogen and oxygen atoms in total. The van der Waals surface area contributed by atoms with Crippen LogP contribution in [0.15, 0.2) is 79.8 Å². The van der Waals surface area contributed by atoms with Crippen LogP contribution >= 0.6 is 23.2 Å². The first-order valence-corrected chi connectivity index (χ1v) is 12.3. The van der Waals surface area contributed by atoms with E-state index in [9.17, 15) is 9.18 Å². The fourth-order valence-electron chi connectivity index (χ4n) is 3.71. The van der Waals surface area contributed by atoms with E-state index >= 15 is 0 Å². The van der Waals surface area contributed by atoms with Crippen LogP contribution in [0.4, 0.5) is 21.6 Å². The monoisotopic (exact) mass is 563 g/mol. The summed E-state index contributed by atoms with van der Waals surface area (Å²) in [7, 11) is 0. The predicted octanol–water partition coefficient (Wildman–Crippen LogP) is 6.16. The fourth-order valence-corrected chi connectivity index (χ4v) is 4.01. The van der Waals surface area contributed by atoms with E-state index in [1.54, 1.807) is 23.0 Å². The lowest BCUT2D eigenvalue weighted by Gasteiger charge is -2.14. The largest absolute Gasteiger partial charge is 0.485 e. The zero-order chi connectivity index (χ0) is 27.4. The van der Waals surface area contributed by atoms with E-state index < -0.39 is 11.7 Å². The molecule has 0 aliphatic carbocycles. The van der Waals surface area contributed by atoms with Crippen LogP contribution in [0, 0.1) is 5.82 Å². The average molecular weight is 564 g/mol. The molecule has 5 rings (SSSR count). The van der Waals surface area contributed by atoms with E-state index in [1.807, 2.05) is 24.3 Å². The normalized spacial score (nSPS) is 10.8. The molecule has 196 valence electrons. The van der Waals surface area contributed by atoms with Crippen molar-refractivity contribution in [3.63, 3.8) is 0 Å². The van der Waals surface area contributed by atoms with E-state index in [4.69, 9.17) is 27.9 Å². The Morgan fingerprint density at radius 3 is 2.69 bits per heavy atom. The summed E-state index contributed by atoms with van der Waals surface area (Å²) in [6.07, 6.45) is 4.30. The second-order valence-corrected chi connectivity index (χ2v) is 9.20. The van der Waals surface area contributed by atoms with Gasteiger partial charge in [0, 0.05) is 22.2 Å². The molecule has 0 atom stereocenters. The second-order valence-electron chi connectivity index (χ2n) is 8.36. The quantitative estimate of drug-likeness (QED) is 0.207. The zero-order valence-electron chi connectivity index (χ0n) is 20.2. The zero-order valence-corrected chi connectivity index (χ0v) is 21.7. The number of nitrogens with zero attached hydrogens (tertiary/aromatic N) is 5. The maximum Gasteiger partial charge on any atom is 0.247 e. The summed E-state index contributed by atoms with van der Waals surface area (Å²) >= 11 is 11.9. The Bertz CT molecular complexity index is 1680. The van der Waals surface area contributed by atoms with Crippen LogP contribution in [0.25, 0.3) is 10.9 Å². The summed E-state index contributed by atoms with van der Waals surface area (Å²) in [6, 6.07) is 15.1. The van der Waals surface area contributed by atoms with Gasteiger partial charge in [0.25, 0.3) is 0 Å². The Labute approximate surface area is 232 Å². The minimum Gasteiger partial charge on any atom is -0.485 e. The predicted molar refractivity (Wildman–Crippen MR) is 148 cm³/mol. The number of benzene rings is 3. The van der Waals surface area contributed by atoms with Crippen molar-refractivity contribution in [1.82, 2.24) is 25.0 Å². The Balaban J connectivity index is 1.39. The number of rotatable bonds is 9. The highest BCUT2D eigenvalue weighted by Crippen LogP contribution is 2.34. The first-order valence-electron chi connectivity index (χ1n) is 11.6. The summed E-state index contributed by atoms with van der Waals surface area (Å²) < 4.78 is 21.3. The van der Waals surface area contributed by atoms with E-state index in [1.165, 1.54) is 24.5 Å². The van der Waals surface area contributed by atoms with Gasteiger partial charge in [0.05, 0.1) is 29.0 Å². The summed E-state index contributed by atoms with van der Waals surface area (Å²) in [4.78, 5) is 20.8. The van der Waals surface area contributed by atoms with Crippen molar-refractivity contribution in [1.29, 1.82) is 0 Å². The Kier molecular flexibility index (Phi) is 7.67. The highest BCUT2D eigenvalue weighted by molar-refractivity contribution is 6.31. The first-order chi connectivity index (χ1) is 18.9. The number of anilines is 3. The molecule has 0 aliphatic rings. The number of carbonyl (C=O) groups is 1. The van der Waals surface area contributed by atoms with Gasteiger partial charge >= 0.3 is 0 Å². The van der Waals surface area contributed by atoms with E-state index in [-0.39, 0.29) is 11.6 Å². The smallest absolute Gasteiger partial charge is 0.247 e. The molecule has 2 N–H and O–H groups in total. The molecule has 0 unspecified atom stereocenters. The van der Waals surface area contributed by atoms with E-state index in [2.05, 4.69) is 37.5 Å². The van der Waals surface area contributed by atoms with Crippen LogP contribution in [0.5, 0.6) is 5.75 Å². The number of aromatic nitrogens is 5. The number of hydrogen-bond acceptors (Lipinski definition) is 7. The van der Waals surface area contributed by atoms with E-state index in [0.717, 1.165) is 11.6 Å². The number of amides is 1. The lowest BCUT2D eigenvalue weighted by atomic mass is 10.1. The number of hydrogen-bond donors (Lipinski definition) is 2. The molecule has 3 aromatic carbocycles. The van der Waals surface area contributed by atoms with Crippen LogP contribution in [-0.2, 0) is 17.9 Å². The highest BCUT2D eigenvalue weighted by Gasteiger charge is 2.14. The van der Waals surface area contributed by atoms with Gasteiger partial charge in [-0.1, -0.05) is 47.1 Å². The SMILES string of the molecule is C=CC(=O)Nc1cc2c(Nc3ccc(F)c(Cl)c3)ncnc2cc1OCc1cn(Cc2ccc(Cl)cc2)nn1. The van der Waals surface area contributed by atoms with Crippen LogP contribution < -0.4 is 15.4 Å². The molecule has 0 saturated heterocycles. The number of halogens is 3. The van der Waals surface area contributed by atoms with Gasteiger partial charge in [-0.05, 0) is 48.0 Å². The molecule has 39 heavy (non-hydrogen) atoms. The minimum absolute atomic E-state index is 0.0296. The van der Waals surface area contributed by atoms with E-state index in [0.29, 0.717) is 51.1 Å². The Morgan fingerprint density at radius 2 is 1.92 bits per heavy atom. The third-order valence-electron chi connectivity index (χ3n) is 5.58. The maximum atomic E-state index is 13.6. The standard InChI is InChI=1S/C27H20Cl2FN7O2/c1-2-26(38)34-24-10-20-23(31-15-32-27(20)33-18-7-8-22(30)21(29)9-18)11-25(24)39-14-19-13-37(36-35-19)12-16-3-5-17(28)6-4-16/h2-11,13,15H,1,12,14H2,(H,34,38)(H,31,32,33).